The maximum Gasteiger partial charge on any atom is 0.265 e. The molecule has 0 spiro atoms. The van der Waals surface area contributed by atoms with Gasteiger partial charge in [-0.3, -0.25) is 4.98 Å². The van der Waals surface area contributed by atoms with Gasteiger partial charge in [-0.25, -0.2) is 5.43 Å². The van der Waals surface area contributed by atoms with Gasteiger partial charge in [-0.15, -0.1) is 10.2 Å². The molecule has 1 aromatic carbocycles. The van der Waals surface area contributed by atoms with Gasteiger partial charge in [-0.2, -0.15) is 10.1 Å². The van der Waals surface area contributed by atoms with E-state index in [1.54, 1.807) is 18.6 Å². The smallest absolute Gasteiger partial charge is 0.265 e. The molecular formula is C16H13N7. The van der Waals surface area contributed by atoms with Gasteiger partial charge < -0.3 is 4.57 Å². The fourth-order valence-corrected chi connectivity index (χ4v) is 2.47. The van der Waals surface area contributed by atoms with Crippen molar-refractivity contribution >= 4 is 34.2 Å². The van der Waals surface area contributed by atoms with Crippen LogP contribution < -0.4 is 5.43 Å². The van der Waals surface area contributed by atoms with Gasteiger partial charge in [0.05, 0.1) is 11.7 Å². The number of rotatable bonds is 3. The molecule has 4 rings (SSSR count). The minimum atomic E-state index is 0.351. The van der Waals surface area contributed by atoms with Gasteiger partial charge in [0, 0.05) is 30.4 Å². The second-order valence-corrected chi connectivity index (χ2v) is 5.04. The molecule has 0 saturated heterocycles. The molecular weight excluding hydrogens is 290 g/mol. The first-order valence-electron chi connectivity index (χ1n) is 7.10. The second kappa shape index (κ2) is 5.45. The van der Waals surface area contributed by atoms with Crippen LogP contribution in [0.2, 0.25) is 0 Å². The van der Waals surface area contributed by atoms with Crippen LogP contribution in [-0.4, -0.2) is 30.9 Å². The molecule has 0 aliphatic rings. The third-order valence-electron chi connectivity index (χ3n) is 3.57. The Kier molecular flexibility index (Phi) is 3.16. The van der Waals surface area contributed by atoms with Crippen molar-refractivity contribution in [1.82, 2.24) is 24.7 Å². The van der Waals surface area contributed by atoms with Crippen molar-refractivity contribution < 1.29 is 0 Å². The van der Waals surface area contributed by atoms with Crippen LogP contribution in [0.4, 0.5) is 5.95 Å². The molecule has 0 saturated carbocycles. The SMILES string of the molecule is Cn1c2ccccc2c2nnc(NN=Cc3cccnc3)nc21. The van der Waals surface area contributed by atoms with Crippen LogP contribution in [0.15, 0.2) is 53.9 Å². The quantitative estimate of drug-likeness (QED) is 0.464. The predicted octanol–water partition coefficient (Wildman–Crippen LogP) is 2.36. The molecule has 0 fully saturated rings. The van der Waals surface area contributed by atoms with E-state index < -0.39 is 0 Å². The maximum absolute atomic E-state index is 4.49. The van der Waals surface area contributed by atoms with Crippen molar-refractivity contribution in [3.05, 3.63) is 54.4 Å². The third kappa shape index (κ3) is 2.38. The number of pyridine rings is 1. The average Bonchev–Trinajstić information content (AvgIpc) is 2.89. The van der Waals surface area contributed by atoms with Gasteiger partial charge in [0.25, 0.3) is 5.95 Å². The number of nitrogens with zero attached hydrogens (tertiary/aromatic N) is 6. The molecule has 0 amide bonds. The van der Waals surface area contributed by atoms with Crippen LogP contribution in [0.25, 0.3) is 22.1 Å². The highest BCUT2D eigenvalue weighted by molar-refractivity contribution is 6.04. The zero-order valence-corrected chi connectivity index (χ0v) is 12.4. The van der Waals surface area contributed by atoms with E-state index in [9.17, 15) is 0 Å². The Labute approximate surface area is 131 Å². The lowest BCUT2D eigenvalue weighted by molar-refractivity contribution is 0.949. The molecule has 0 unspecified atom stereocenters. The fraction of sp³-hybridized carbons (Fsp3) is 0.0625. The van der Waals surface area contributed by atoms with E-state index in [1.165, 1.54) is 0 Å². The highest BCUT2D eigenvalue weighted by Gasteiger charge is 2.11. The number of aromatic nitrogens is 5. The fourth-order valence-electron chi connectivity index (χ4n) is 2.47. The van der Waals surface area contributed by atoms with Crippen molar-refractivity contribution in [1.29, 1.82) is 0 Å². The summed E-state index contributed by atoms with van der Waals surface area (Å²) in [4.78, 5) is 8.51. The van der Waals surface area contributed by atoms with Crippen molar-refractivity contribution in [3.8, 4) is 0 Å². The monoisotopic (exact) mass is 303 g/mol. The number of aryl methyl sites for hydroxylation is 1. The third-order valence-corrected chi connectivity index (χ3v) is 3.57. The van der Waals surface area contributed by atoms with Gasteiger partial charge in [0.1, 0.15) is 5.52 Å². The van der Waals surface area contributed by atoms with Crippen LogP contribution >= 0.6 is 0 Å². The Balaban J connectivity index is 1.68. The molecule has 3 aromatic heterocycles. The predicted molar refractivity (Wildman–Crippen MR) is 89.3 cm³/mol. The van der Waals surface area contributed by atoms with Crippen molar-refractivity contribution in [3.63, 3.8) is 0 Å². The van der Waals surface area contributed by atoms with E-state index >= 15 is 0 Å². The van der Waals surface area contributed by atoms with Crippen LogP contribution in [0.3, 0.4) is 0 Å². The number of anilines is 1. The van der Waals surface area contributed by atoms with Crippen molar-refractivity contribution in [2.24, 2.45) is 12.1 Å². The molecule has 1 N–H and O–H groups in total. The Morgan fingerprint density at radius 1 is 1.13 bits per heavy atom. The molecule has 0 atom stereocenters. The average molecular weight is 303 g/mol. The number of hydrogen-bond acceptors (Lipinski definition) is 6. The number of hydrogen-bond donors (Lipinski definition) is 1. The minimum Gasteiger partial charge on any atom is -0.327 e. The molecule has 112 valence electrons. The largest absolute Gasteiger partial charge is 0.327 e. The number of nitrogens with one attached hydrogen (secondary N) is 1. The van der Waals surface area contributed by atoms with Gasteiger partial charge in [0.2, 0.25) is 0 Å². The molecule has 4 aromatic rings. The highest BCUT2D eigenvalue weighted by atomic mass is 15.4. The summed E-state index contributed by atoms with van der Waals surface area (Å²) in [6, 6.07) is 11.8. The molecule has 0 aliphatic heterocycles. The molecule has 0 radical (unpaired) electrons. The van der Waals surface area contributed by atoms with Crippen molar-refractivity contribution in [2.75, 3.05) is 5.43 Å². The number of benzene rings is 1. The normalized spacial score (nSPS) is 11.5. The zero-order valence-electron chi connectivity index (χ0n) is 12.4. The first-order valence-corrected chi connectivity index (χ1v) is 7.10. The van der Waals surface area contributed by atoms with Crippen LogP contribution in [0.5, 0.6) is 0 Å². The Hall–Kier alpha value is -3.35. The lowest BCUT2D eigenvalue weighted by Crippen LogP contribution is -2.00. The van der Waals surface area contributed by atoms with E-state index in [0.29, 0.717) is 5.95 Å². The topological polar surface area (TPSA) is 80.9 Å². The van der Waals surface area contributed by atoms with Crippen LogP contribution in [0.1, 0.15) is 5.56 Å². The Bertz CT molecular complexity index is 1000. The van der Waals surface area contributed by atoms with Gasteiger partial charge in [0.15, 0.2) is 5.65 Å². The summed E-state index contributed by atoms with van der Waals surface area (Å²) >= 11 is 0. The van der Waals surface area contributed by atoms with E-state index in [2.05, 4.69) is 30.7 Å². The molecule has 3 heterocycles. The summed E-state index contributed by atoms with van der Waals surface area (Å²) in [5.41, 5.74) is 6.30. The lowest BCUT2D eigenvalue weighted by Gasteiger charge is -1.99. The summed E-state index contributed by atoms with van der Waals surface area (Å²) in [7, 11) is 1.96. The van der Waals surface area contributed by atoms with E-state index in [4.69, 9.17) is 0 Å². The molecule has 0 bridgehead atoms. The molecule has 23 heavy (non-hydrogen) atoms. The van der Waals surface area contributed by atoms with Gasteiger partial charge in [-0.1, -0.05) is 24.3 Å². The summed E-state index contributed by atoms with van der Waals surface area (Å²) in [6.45, 7) is 0. The van der Waals surface area contributed by atoms with Gasteiger partial charge in [-0.05, 0) is 12.1 Å². The second-order valence-electron chi connectivity index (χ2n) is 5.04. The van der Waals surface area contributed by atoms with E-state index in [1.807, 2.05) is 48.0 Å². The first kappa shape index (κ1) is 13.3. The van der Waals surface area contributed by atoms with Crippen LogP contribution in [0, 0.1) is 0 Å². The molecule has 7 heteroatoms. The Morgan fingerprint density at radius 2 is 2.04 bits per heavy atom. The maximum atomic E-state index is 4.49. The standard InChI is InChI=1S/C16H13N7/c1-23-13-7-3-2-6-12(13)14-15(23)19-16(22-20-14)21-18-10-11-5-4-8-17-9-11/h2-10H,1H3,(H,19,21,22). The molecule has 0 aliphatic carbocycles. The van der Waals surface area contributed by atoms with Crippen LogP contribution in [-0.2, 0) is 7.05 Å². The zero-order chi connectivity index (χ0) is 15.6. The van der Waals surface area contributed by atoms with E-state index in [-0.39, 0.29) is 0 Å². The lowest BCUT2D eigenvalue weighted by atomic mass is 10.2. The summed E-state index contributed by atoms with van der Waals surface area (Å²) in [5, 5.41) is 13.5. The van der Waals surface area contributed by atoms with Gasteiger partial charge >= 0.3 is 0 Å². The van der Waals surface area contributed by atoms with Crippen molar-refractivity contribution in [2.45, 2.75) is 0 Å². The summed E-state index contributed by atoms with van der Waals surface area (Å²) in [5.74, 6) is 0.351. The summed E-state index contributed by atoms with van der Waals surface area (Å²) in [6.07, 6.45) is 5.09. The minimum absolute atomic E-state index is 0.351. The molecule has 7 nitrogen and oxygen atoms in total. The van der Waals surface area contributed by atoms with E-state index in [0.717, 1.165) is 27.6 Å². The Morgan fingerprint density at radius 3 is 2.91 bits per heavy atom. The number of fused-ring (bicyclic) bond motifs is 3. The first-order chi connectivity index (χ1) is 11.3. The number of para-hydroxylation sites is 1. The summed E-state index contributed by atoms with van der Waals surface area (Å²) < 4.78 is 2.00. The highest BCUT2D eigenvalue weighted by Crippen LogP contribution is 2.24. The number of hydrazone groups is 1.